The van der Waals surface area contributed by atoms with Crippen molar-refractivity contribution >= 4 is 0 Å². The summed E-state index contributed by atoms with van der Waals surface area (Å²) in [6, 6.07) is 0. The van der Waals surface area contributed by atoms with E-state index < -0.39 is 5.72 Å². The standard InChI is InChI=1S/C6H15NO2/c1-6(8,7-2)4-5-9-3/h7-8H,4-5H2,1-3H3. The number of hydrogen-bond acceptors (Lipinski definition) is 3. The molecule has 1 unspecified atom stereocenters. The van der Waals surface area contributed by atoms with E-state index in [2.05, 4.69) is 5.32 Å². The SMILES string of the molecule is CNC(C)(O)CCOC. The lowest BCUT2D eigenvalue weighted by Crippen LogP contribution is -2.40. The molecule has 0 aromatic carbocycles. The van der Waals surface area contributed by atoms with Crippen LogP contribution in [0, 0.1) is 0 Å². The van der Waals surface area contributed by atoms with Gasteiger partial charge in [0.15, 0.2) is 0 Å². The van der Waals surface area contributed by atoms with Gasteiger partial charge >= 0.3 is 0 Å². The molecule has 0 aliphatic rings. The predicted octanol–water partition coefficient (Wildman–Crippen LogP) is -0.0492. The minimum absolute atomic E-state index is 0.577. The molecule has 0 saturated heterocycles. The average molecular weight is 133 g/mol. The van der Waals surface area contributed by atoms with Gasteiger partial charge in [0, 0.05) is 13.5 Å². The first-order valence-electron chi connectivity index (χ1n) is 3.02. The first-order valence-corrected chi connectivity index (χ1v) is 3.02. The van der Waals surface area contributed by atoms with Crippen molar-refractivity contribution in [1.82, 2.24) is 5.32 Å². The Labute approximate surface area is 56.0 Å². The highest BCUT2D eigenvalue weighted by Crippen LogP contribution is 2.01. The fraction of sp³-hybridized carbons (Fsp3) is 1.00. The van der Waals surface area contributed by atoms with Gasteiger partial charge in [-0.15, -0.1) is 0 Å². The molecule has 0 radical (unpaired) electrons. The van der Waals surface area contributed by atoms with E-state index in [0.717, 1.165) is 0 Å². The number of rotatable bonds is 4. The summed E-state index contributed by atoms with van der Waals surface area (Å²) >= 11 is 0. The minimum Gasteiger partial charge on any atom is -0.385 e. The van der Waals surface area contributed by atoms with E-state index in [4.69, 9.17) is 4.74 Å². The van der Waals surface area contributed by atoms with E-state index in [0.29, 0.717) is 13.0 Å². The first-order chi connectivity index (χ1) is 4.12. The van der Waals surface area contributed by atoms with Gasteiger partial charge in [0.25, 0.3) is 0 Å². The molecule has 0 aromatic rings. The summed E-state index contributed by atoms with van der Waals surface area (Å²) in [7, 11) is 3.33. The Morgan fingerprint density at radius 3 is 2.56 bits per heavy atom. The van der Waals surface area contributed by atoms with Crippen LogP contribution in [0.4, 0.5) is 0 Å². The summed E-state index contributed by atoms with van der Waals surface area (Å²) in [5, 5.41) is 12.0. The molecule has 0 saturated carbocycles. The van der Waals surface area contributed by atoms with Gasteiger partial charge in [-0.25, -0.2) is 0 Å². The highest BCUT2D eigenvalue weighted by Gasteiger charge is 2.15. The zero-order chi connectivity index (χ0) is 7.33. The maximum absolute atomic E-state index is 9.26. The molecule has 9 heavy (non-hydrogen) atoms. The van der Waals surface area contributed by atoms with E-state index in [1.807, 2.05) is 0 Å². The normalized spacial score (nSPS) is 17.3. The van der Waals surface area contributed by atoms with Crippen molar-refractivity contribution < 1.29 is 9.84 Å². The Balaban J connectivity index is 3.33. The summed E-state index contributed by atoms with van der Waals surface area (Å²) in [5.41, 5.74) is -0.782. The van der Waals surface area contributed by atoms with Crippen molar-refractivity contribution in [3.05, 3.63) is 0 Å². The summed E-state index contributed by atoms with van der Waals surface area (Å²) < 4.78 is 4.78. The minimum atomic E-state index is -0.782. The Morgan fingerprint density at radius 1 is 1.67 bits per heavy atom. The molecule has 56 valence electrons. The van der Waals surface area contributed by atoms with Gasteiger partial charge in [0.05, 0.1) is 6.61 Å². The second-order valence-electron chi connectivity index (χ2n) is 2.27. The van der Waals surface area contributed by atoms with Crippen molar-refractivity contribution in [2.45, 2.75) is 19.1 Å². The zero-order valence-electron chi connectivity index (χ0n) is 6.27. The lowest BCUT2D eigenvalue weighted by Gasteiger charge is -2.21. The molecule has 0 aliphatic carbocycles. The first kappa shape index (κ1) is 8.88. The Bertz CT molecular complexity index is 73.5. The van der Waals surface area contributed by atoms with Crippen LogP contribution < -0.4 is 5.32 Å². The van der Waals surface area contributed by atoms with Gasteiger partial charge in [-0.2, -0.15) is 0 Å². The number of ether oxygens (including phenoxy) is 1. The largest absolute Gasteiger partial charge is 0.385 e. The maximum Gasteiger partial charge on any atom is 0.115 e. The summed E-state index contributed by atoms with van der Waals surface area (Å²) in [4.78, 5) is 0. The topological polar surface area (TPSA) is 41.5 Å². The number of nitrogens with one attached hydrogen (secondary N) is 1. The maximum atomic E-state index is 9.26. The predicted molar refractivity (Wildman–Crippen MR) is 36.2 cm³/mol. The smallest absolute Gasteiger partial charge is 0.115 e. The Morgan fingerprint density at radius 2 is 2.22 bits per heavy atom. The van der Waals surface area contributed by atoms with Crippen molar-refractivity contribution in [1.29, 1.82) is 0 Å². The van der Waals surface area contributed by atoms with Crippen molar-refractivity contribution in [2.75, 3.05) is 20.8 Å². The fourth-order valence-electron chi connectivity index (χ4n) is 0.426. The summed E-state index contributed by atoms with van der Waals surface area (Å²) in [6.45, 7) is 2.29. The van der Waals surface area contributed by atoms with Crippen LogP contribution in [0.3, 0.4) is 0 Å². The van der Waals surface area contributed by atoms with Crippen LogP contribution in [0.15, 0.2) is 0 Å². The molecule has 1 atom stereocenters. The van der Waals surface area contributed by atoms with Crippen LogP contribution in [0.2, 0.25) is 0 Å². The van der Waals surface area contributed by atoms with E-state index in [1.165, 1.54) is 0 Å². The third-order valence-corrected chi connectivity index (χ3v) is 1.33. The molecule has 3 heteroatoms. The van der Waals surface area contributed by atoms with Crippen molar-refractivity contribution in [2.24, 2.45) is 0 Å². The molecule has 0 rings (SSSR count). The van der Waals surface area contributed by atoms with Crippen molar-refractivity contribution in [3.63, 3.8) is 0 Å². The van der Waals surface area contributed by atoms with Crippen molar-refractivity contribution in [3.8, 4) is 0 Å². The number of methoxy groups -OCH3 is 1. The monoisotopic (exact) mass is 133 g/mol. The van der Waals surface area contributed by atoms with E-state index in [1.54, 1.807) is 21.1 Å². The molecule has 2 N–H and O–H groups in total. The second-order valence-corrected chi connectivity index (χ2v) is 2.27. The molecule has 0 bridgehead atoms. The van der Waals surface area contributed by atoms with Crippen LogP contribution in [0.25, 0.3) is 0 Å². The lowest BCUT2D eigenvalue weighted by molar-refractivity contribution is 0.00152. The molecular weight excluding hydrogens is 118 g/mol. The van der Waals surface area contributed by atoms with Crippen LogP contribution in [-0.4, -0.2) is 31.6 Å². The highest BCUT2D eigenvalue weighted by atomic mass is 16.5. The average Bonchev–Trinajstić information content (AvgIpc) is 1.84. The summed E-state index contributed by atoms with van der Waals surface area (Å²) in [5.74, 6) is 0. The quantitative estimate of drug-likeness (QED) is 0.528. The highest BCUT2D eigenvalue weighted by molar-refractivity contribution is 4.65. The zero-order valence-corrected chi connectivity index (χ0v) is 6.27. The fourth-order valence-corrected chi connectivity index (χ4v) is 0.426. The van der Waals surface area contributed by atoms with E-state index in [9.17, 15) is 5.11 Å². The van der Waals surface area contributed by atoms with Gasteiger partial charge in [-0.1, -0.05) is 0 Å². The van der Waals surface area contributed by atoms with Gasteiger partial charge in [-0.3, -0.25) is 5.32 Å². The van der Waals surface area contributed by atoms with Gasteiger partial charge < -0.3 is 9.84 Å². The lowest BCUT2D eigenvalue weighted by atomic mass is 10.2. The van der Waals surface area contributed by atoms with E-state index in [-0.39, 0.29) is 0 Å². The third kappa shape index (κ3) is 4.39. The van der Waals surface area contributed by atoms with Crippen LogP contribution in [0.5, 0.6) is 0 Å². The number of aliphatic hydroxyl groups is 1. The summed E-state index contributed by atoms with van der Waals surface area (Å²) in [6.07, 6.45) is 0.611. The molecule has 0 spiro atoms. The molecule has 3 nitrogen and oxygen atoms in total. The Kier molecular flexibility index (Phi) is 3.77. The molecule has 0 amide bonds. The van der Waals surface area contributed by atoms with Gasteiger partial charge in [0.2, 0.25) is 0 Å². The molecule has 0 aromatic heterocycles. The van der Waals surface area contributed by atoms with E-state index >= 15 is 0 Å². The van der Waals surface area contributed by atoms with Gasteiger partial charge in [-0.05, 0) is 14.0 Å². The molecular formula is C6H15NO2. The molecule has 0 aliphatic heterocycles. The Hall–Kier alpha value is -0.120. The third-order valence-electron chi connectivity index (χ3n) is 1.33. The van der Waals surface area contributed by atoms with Crippen LogP contribution in [-0.2, 0) is 4.74 Å². The van der Waals surface area contributed by atoms with Gasteiger partial charge in [0.1, 0.15) is 5.72 Å². The second kappa shape index (κ2) is 3.82. The number of hydrogen-bond donors (Lipinski definition) is 2. The molecule has 0 heterocycles. The van der Waals surface area contributed by atoms with Crippen LogP contribution in [0.1, 0.15) is 13.3 Å². The van der Waals surface area contributed by atoms with Crippen LogP contribution >= 0.6 is 0 Å². The molecule has 0 fully saturated rings.